The molecule has 1 aliphatic heterocycles. The Morgan fingerprint density at radius 3 is 2.54 bits per heavy atom. The molecule has 8 heteroatoms. The summed E-state index contributed by atoms with van der Waals surface area (Å²) in [5.74, 6) is 0.558. The predicted octanol–water partition coefficient (Wildman–Crippen LogP) is 1.84. The number of benzene rings is 1. The van der Waals surface area contributed by atoms with E-state index in [-0.39, 0.29) is 23.0 Å². The smallest absolute Gasteiger partial charge is 0.312 e. The van der Waals surface area contributed by atoms with Gasteiger partial charge in [0.2, 0.25) is 5.95 Å². The van der Waals surface area contributed by atoms with Crippen LogP contribution in [0.2, 0.25) is 0 Å². The van der Waals surface area contributed by atoms with Crippen LogP contribution in [0, 0.1) is 11.7 Å². The molecule has 0 aliphatic carbocycles. The minimum atomic E-state index is -0.373. The topological polar surface area (TPSA) is 65.1 Å². The van der Waals surface area contributed by atoms with Gasteiger partial charge in [-0.2, -0.15) is 4.98 Å². The van der Waals surface area contributed by atoms with E-state index >= 15 is 0 Å². The van der Waals surface area contributed by atoms with Crippen molar-refractivity contribution < 1.29 is 4.39 Å². The van der Waals surface area contributed by atoms with Crippen molar-refractivity contribution in [3.63, 3.8) is 0 Å². The van der Waals surface area contributed by atoms with Crippen molar-refractivity contribution in [2.75, 3.05) is 11.4 Å². The molecule has 26 heavy (non-hydrogen) atoms. The molecule has 0 spiro atoms. The summed E-state index contributed by atoms with van der Waals surface area (Å²) in [7, 11) is 1.63. The Kier molecular flexibility index (Phi) is 3.71. The van der Waals surface area contributed by atoms with Crippen LogP contribution in [0.3, 0.4) is 0 Å². The van der Waals surface area contributed by atoms with E-state index in [9.17, 15) is 14.0 Å². The van der Waals surface area contributed by atoms with Gasteiger partial charge in [0.25, 0.3) is 5.56 Å². The Bertz CT molecular complexity index is 1110. The number of hydrogen-bond donors (Lipinski definition) is 0. The van der Waals surface area contributed by atoms with Crippen molar-refractivity contribution in [1.29, 1.82) is 0 Å². The molecule has 136 valence electrons. The Morgan fingerprint density at radius 2 is 1.88 bits per heavy atom. The van der Waals surface area contributed by atoms with Gasteiger partial charge in [-0.05, 0) is 37.1 Å². The number of aromatic nitrogens is 4. The molecule has 0 amide bonds. The minimum Gasteiger partial charge on any atom is -0.312 e. The zero-order valence-electron chi connectivity index (χ0n) is 14.9. The molecule has 0 saturated carbocycles. The fraction of sp³-hybridized carbons (Fsp3) is 0.389. The van der Waals surface area contributed by atoms with Crippen LogP contribution in [0.15, 0.2) is 33.9 Å². The molecule has 2 aromatic heterocycles. The normalized spacial score (nSPS) is 16.9. The van der Waals surface area contributed by atoms with E-state index in [1.807, 2.05) is 9.47 Å². The fourth-order valence-electron chi connectivity index (χ4n) is 3.62. The van der Waals surface area contributed by atoms with Gasteiger partial charge in [-0.1, -0.05) is 6.92 Å². The van der Waals surface area contributed by atoms with Gasteiger partial charge in [0.1, 0.15) is 5.82 Å². The van der Waals surface area contributed by atoms with Gasteiger partial charge < -0.3 is 9.47 Å². The van der Waals surface area contributed by atoms with E-state index in [4.69, 9.17) is 0 Å². The van der Waals surface area contributed by atoms with Gasteiger partial charge in [0.05, 0.1) is 0 Å². The summed E-state index contributed by atoms with van der Waals surface area (Å²) in [6, 6.07) is 6.20. The second-order valence-electron chi connectivity index (χ2n) is 6.78. The van der Waals surface area contributed by atoms with Crippen molar-refractivity contribution in [1.82, 2.24) is 18.7 Å². The highest BCUT2D eigenvalue weighted by molar-refractivity contribution is 5.77. The number of anilines is 2. The fourth-order valence-corrected chi connectivity index (χ4v) is 3.62. The molecule has 0 saturated heterocycles. The molecule has 3 aromatic rings. The van der Waals surface area contributed by atoms with Crippen molar-refractivity contribution in [2.24, 2.45) is 13.0 Å². The van der Waals surface area contributed by atoms with Crippen molar-refractivity contribution in [3.8, 4) is 0 Å². The third kappa shape index (κ3) is 2.28. The molecule has 0 fully saturated rings. The first-order chi connectivity index (χ1) is 12.4. The van der Waals surface area contributed by atoms with Gasteiger partial charge in [0.15, 0.2) is 11.2 Å². The number of imidazole rings is 1. The first-order valence-corrected chi connectivity index (χ1v) is 8.65. The van der Waals surface area contributed by atoms with E-state index in [1.54, 1.807) is 26.1 Å². The van der Waals surface area contributed by atoms with Crippen molar-refractivity contribution in [2.45, 2.75) is 26.9 Å². The number of fused-ring (bicyclic) bond motifs is 3. The SMILES string of the molecule is CCn1c(=O)c2c(nc3n2C[C@H](C)CN3c2ccc(F)cc2)n(C)c1=O. The lowest BCUT2D eigenvalue weighted by atomic mass is 10.1. The molecule has 3 heterocycles. The van der Waals surface area contributed by atoms with E-state index in [0.717, 1.165) is 5.69 Å². The van der Waals surface area contributed by atoms with Crippen LogP contribution in [0.25, 0.3) is 11.2 Å². The largest absolute Gasteiger partial charge is 0.332 e. The molecular formula is C18H20FN5O2. The number of hydrogen-bond acceptors (Lipinski definition) is 4. The molecule has 7 nitrogen and oxygen atoms in total. The zero-order valence-corrected chi connectivity index (χ0v) is 14.9. The maximum absolute atomic E-state index is 13.3. The van der Waals surface area contributed by atoms with Crippen LogP contribution < -0.4 is 16.1 Å². The highest BCUT2D eigenvalue weighted by atomic mass is 19.1. The molecular weight excluding hydrogens is 337 g/mol. The lowest BCUT2D eigenvalue weighted by Gasteiger charge is -2.32. The maximum Gasteiger partial charge on any atom is 0.332 e. The lowest BCUT2D eigenvalue weighted by Crippen LogP contribution is -2.40. The molecule has 0 N–H and O–H groups in total. The number of nitrogens with zero attached hydrogens (tertiary/aromatic N) is 5. The van der Waals surface area contributed by atoms with Gasteiger partial charge in [0, 0.05) is 32.4 Å². The van der Waals surface area contributed by atoms with Crippen molar-refractivity contribution in [3.05, 3.63) is 50.9 Å². The Morgan fingerprint density at radius 1 is 1.19 bits per heavy atom. The van der Waals surface area contributed by atoms with Crippen LogP contribution >= 0.6 is 0 Å². The monoisotopic (exact) mass is 357 g/mol. The second kappa shape index (κ2) is 5.82. The van der Waals surface area contributed by atoms with Gasteiger partial charge in [-0.25, -0.2) is 9.18 Å². The molecule has 1 atom stereocenters. The Balaban J connectivity index is 2.03. The molecule has 1 aliphatic rings. The summed E-state index contributed by atoms with van der Waals surface area (Å²) >= 11 is 0. The average Bonchev–Trinajstić information content (AvgIpc) is 3.00. The van der Waals surface area contributed by atoms with E-state index in [0.29, 0.717) is 36.7 Å². The summed E-state index contributed by atoms with van der Waals surface area (Å²) in [4.78, 5) is 31.9. The third-order valence-electron chi connectivity index (χ3n) is 4.90. The van der Waals surface area contributed by atoms with E-state index < -0.39 is 0 Å². The zero-order chi connectivity index (χ0) is 18.6. The third-order valence-corrected chi connectivity index (χ3v) is 4.90. The van der Waals surface area contributed by atoms with Gasteiger partial charge >= 0.3 is 5.69 Å². The molecule has 0 bridgehead atoms. The summed E-state index contributed by atoms with van der Waals surface area (Å²) in [5, 5.41) is 0. The van der Waals surface area contributed by atoms with Gasteiger partial charge in [-0.3, -0.25) is 13.9 Å². The Hall–Kier alpha value is -2.90. The summed E-state index contributed by atoms with van der Waals surface area (Å²) in [5.41, 5.74) is 0.915. The highest BCUT2D eigenvalue weighted by Gasteiger charge is 2.29. The summed E-state index contributed by atoms with van der Waals surface area (Å²) in [6.07, 6.45) is 0. The molecule has 0 unspecified atom stereocenters. The standard InChI is InChI=1S/C18H20FN5O2/c1-4-22-16(25)14-15(21(3)18(22)26)20-17-23(9-11(2)10-24(14)17)13-7-5-12(19)6-8-13/h5-8,11H,4,9-10H2,1-3H3/t11-/m1/s1. The van der Waals surface area contributed by atoms with Crippen LogP contribution in [0.4, 0.5) is 16.0 Å². The van der Waals surface area contributed by atoms with Crippen LogP contribution in [0.5, 0.6) is 0 Å². The molecule has 1 aromatic carbocycles. The maximum atomic E-state index is 13.3. The van der Waals surface area contributed by atoms with Gasteiger partial charge in [-0.15, -0.1) is 0 Å². The highest BCUT2D eigenvalue weighted by Crippen LogP contribution is 2.32. The quantitative estimate of drug-likeness (QED) is 0.702. The number of halogens is 1. The first-order valence-electron chi connectivity index (χ1n) is 8.65. The molecule has 0 radical (unpaired) electrons. The van der Waals surface area contributed by atoms with Crippen LogP contribution in [-0.2, 0) is 20.1 Å². The van der Waals surface area contributed by atoms with Crippen LogP contribution in [0.1, 0.15) is 13.8 Å². The average molecular weight is 357 g/mol. The van der Waals surface area contributed by atoms with E-state index in [1.165, 1.54) is 21.3 Å². The summed E-state index contributed by atoms with van der Waals surface area (Å²) < 4.78 is 17.8. The van der Waals surface area contributed by atoms with E-state index in [2.05, 4.69) is 11.9 Å². The lowest BCUT2D eigenvalue weighted by molar-refractivity contribution is 0.457. The van der Waals surface area contributed by atoms with Crippen LogP contribution in [-0.4, -0.2) is 25.2 Å². The predicted molar refractivity (Wildman–Crippen MR) is 97.5 cm³/mol. The molecule has 4 rings (SSSR count). The number of aryl methyl sites for hydroxylation is 1. The first kappa shape index (κ1) is 16.6. The number of rotatable bonds is 2. The van der Waals surface area contributed by atoms with Crippen molar-refractivity contribution >= 4 is 22.8 Å². The minimum absolute atomic E-state index is 0.261. The second-order valence-corrected chi connectivity index (χ2v) is 6.78. The Labute approximate surface area is 148 Å². The summed E-state index contributed by atoms with van der Waals surface area (Å²) in [6.45, 7) is 5.51.